The molecule has 0 unspecified atom stereocenters. The second kappa shape index (κ2) is 6.72. The van der Waals surface area contributed by atoms with Crippen molar-refractivity contribution in [1.82, 2.24) is 4.90 Å². The van der Waals surface area contributed by atoms with Gasteiger partial charge in [0, 0.05) is 18.7 Å². The van der Waals surface area contributed by atoms with Crippen LogP contribution in [0.15, 0.2) is 18.2 Å². The van der Waals surface area contributed by atoms with Crippen molar-refractivity contribution in [2.45, 2.75) is 32.8 Å². The Balaban J connectivity index is 1.92. The standard InChI is InChI=1S/C16H21NO4/c1-11-7-12(2)9-13(8-11)16(20)17-5-3-14(4-6-17)21-10-15(18)19/h7-9,14H,3-6,10H2,1-2H3,(H,18,19). The predicted molar refractivity (Wildman–Crippen MR) is 78.4 cm³/mol. The number of nitrogens with zero attached hydrogens (tertiary/aromatic N) is 1. The first-order valence-corrected chi connectivity index (χ1v) is 7.16. The lowest BCUT2D eigenvalue weighted by Crippen LogP contribution is -2.41. The molecule has 0 aliphatic carbocycles. The van der Waals surface area contributed by atoms with Crippen molar-refractivity contribution >= 4 is 11.9 Å². The highest BCUT2D eigenvalue weighted by Gasteiger charge is 2.24. The quantitative estimate of drug-likeness (QED) is 0.921. The van der Waals surface area contributed by atoms with Gasteiger partial charge in [-0.25, -0.2) is 4.79 Å². The van der Waals surface area contributed by atoms with E-state index in [0.29, 0.717) is 25.9 Å². The van der Waals surface area contributed by atoms with Crippen molar-refractivity contribution in [3.63, 3.8) is 0 Å². The molecule has 1 heterocycles. The Morgan fingerprint density at radius 3 is 2.29 bits per heavy atom. The summed E-state index contributed by atoms with van der Waals surface area (Å²) >= 11 is 0. The lowest BCUT2D eigenvalue weighted by molar-refractivity contribution is -0.145. The zero-order valence-corrected chi connectivity index (χ0v) is 12.5. The lowest BCUT2D eigenvalue weighted by Gasteiger charge is -2.31. The zero-order valence-electron chi connectivity index (χ0n) is 12.5. The van der Waals surface area contributed by atoms with Gasteiger partial charge in [-0.1, -0.05) is 17.2 Å². The van der Waals surface area contributed by atoms with Gasteiger partial charge in [0.25, 0.3) is 5.91 Å². The number of hydrogen-bond donors (Lipinski definition) is 1. The molecule has 1 saturated heterocycles. The number of ether oxygens (including phenoxy) is 1. The van der Waals surface area contributed by atoms with E-state index in [9.17, 15) is 9.59 Å². The molecule has 1 amide bonds. The summed E-state index contributed by atoms with van der Waals surface area (Å²) in [4.78, 5) is 24.8. The van der Waals surface area contributed by atoms with Gasteiger partial charge in [0.1, 0.15) is 6.61 Å². The van der Waals surface area contributed by atoms with Crippen LogP contribution >= 0.6 is 0 Å². The second-order valence-corrected chi connectivity index (χ2v) is 5.57. The number of rotatable bonds is 4. The highest BCUT2D eigenvalue weighted by molar-refractivity contribution is 5.94. The summed E-state index contributed by atoms with van der Waals surface area (Å²) in [6.45, 7) is 4.91. The molecule has 1 aromatic rings. The Bertz CT molecular complexity index is 513. The number of piperidine rings is 1. The van der Waals surface area contributed by atoms with Gasteiger partial charge in [0.05, 0.1) is 6.10 Å². The molecule has 0 saturated carbocycles. The third-order valence-corrected chi connectivity index (χ3v) is 3.64. The molecule has 0 spiro atoms. The molecule has 1 aliphatic heterocycles. The number of aryl methyl sites for hydroxylation is 2. The molecule has 0 radical (unpaired) electrons. The number of carboxylic acid groups (broad SMARTS) is 1. The minimum Gasteiger partial charge on any atom is -0.480 e. The van der Waals surface area contributed by atoms with Crippen molar-refractivity contribution in [1.29, 1.82) is 0 Å². The molecular formula is C16H21NO4. The zero-order chi connectivity index (χ0) is 15.4. The minimum atomic E-state index is -0.955. The van der Waals surface area contributed by atoms with Crippen LogP contribution in [0.5, 0.6) is 0 Å². The number of carboxylic acids is 1. The van der Waals surface area contributed by atoms with Crippen LogP contribution in [0.2, 0.25) is 0 Å². The first kappa shape index (κ1) is 15.5. The fourth-order valence-electron chi connectivity index (χ4n) is 2.70. The molecule has 114 valence electrons. The van der Waals surface area contributed by atoms with Crippen LogP contribution in [-0.2, 0) is 9.53 Å². The lowest BCUT2D eigenvalue weighted by atomic mass is 10.0. The topological polar surface area (TPSA) is 66.8 Å². The fraction of sp³-hybridized carbons (Fsp3) is 0.500. The van der Waals surface area contributed by atoms with Crippen LogP contribution in [0.4, 0.5) is 0 Å². The van der Waals surface area contributed by atoms with Crippen LogP contribution in [0.1, 0.15) is 34.3 Å². The average Bonchev–Trinajstić information content (AvgIpc) is 2.44. The van der Waals surface area contributed by atoms with Crippen LogP contribution in [0.3, 0.4) is 0 Å². The Labute approximate surface area is 124 Å². The van der Waals surface area contributed by atoms with E-state index in [0.717, 1.165) is 16.7 Å². The van der Waals surface area contributed by atoms with Gasteiger partial charge in [0.15, 0.2) is 0 Å². The van der Waals surface area contributed by atoms with E-state index in [1.807, 2.05) is 36.9 Å². The van der Waals surface area contributed by atoms with Crippen molar-refractivity contribution in [2.75, 3.05) is 19.7 Å². The third kappa shape index (κ3) is 4.29. The summed E-state index contributed by atoms with van der Waals surface area (Å²) in [5.74, 6) is -0.915. The maximum absolute atomic E-state index is 12.5. The first-order chi connectivity index (χ1) is 9.95. The summed E-state index contributed by atoms with van der Waals surface area (Å²) in [6.07, 6.45) is 1.30. The molecule has 1 aromatic carbocycles. The Hall–Kier alpha value is -1.88. The molecule has 5 nitrogen and oxygen atoms in total. The largest absolute Gasteiger partial charge is 0.480 e. The van der Waals surface area contributed by atoms with E-state index in [1.54, 1.807) is 0 Å². The van der Waals surface area contributed by atoms with Gasteiger partial charge in [0.2, 0.25) is 0 Å². The molecule has 1 N–H and O–H groups in total. The van der Waals surface area contributed by atoms with E-state index in [1.165, 1.54) is 0 Å². The molecule has 5 heteroatoms. The van der Waals surface area contributed by atoms with E-state index >= 15 is 0 Å². The molecule has 1 aliphatic rings. The maximum Gasteiger partial charge on any atom is 0.329 e. The number of aliphatic carboxylic acids is 1. The summed E-state index contributed by atoms with van der Waals surface area (Å²) < 4.78 is 5.28. The number of carbonyl (C=O) groups is 2. The predicted octanol–water partition coefficient (Wildman–Crippen LogP) is 2.01. The van der Waals surface area contributed by atoms with Crippen LogP contribution in [0, 0.1) is 13.8 Å². The molecular weight excluding hydrogens is 270 g/mol. The van der Waals surface area contributed by atoms with Crippen molar-refractivity contribution in [3.05, 3.63) is 34.9 Å². The van der Waals surface area contributed by atoms with Gasteiger partial charge in [-0.3, -0.25) is 4.79 Å². The van der Waals surface area contributed by atoms with E-state index in [2.05, 4.69) is 0 Å². The maximum atomic E-state index is 12.5. The van der Waals surface area contributed by atoms with E-state index < -0.39 is 5.97 Å². The number of amides is 1. The number of hydrogen-bond acceptors (Lipinski definition) is 3. The first-order valence-electron chi connectivity index (χ1n) is 7.16. The van der Waals surface area contributed by atoms with Crippen LogP contribution < -0.4 is 0 Å². The molecule has 0 bridgehead atoms. The third-order valence-electron chi connectivity index (χ3n) is 3.64. The van der Waals surface area contributed by atoms with Crippen molar-refractivity contribution in [2.24, 2.45) is 0 Å². The normalized spacial score (nSPS) is 16.0. The smallest absolute Gasteiger partial charge is 0.329 e. The average molecular weight is 291 g/mol. The Morgan fingerprint density at radius 1 is 1.19 bits per heavy atom. The number of carbonyl (C=O) groups excluding carboxylic acids is 1. The van der Waals surface area contributed by atoms with Crippen molar-refractivity contribution in [3.8, 4) is 0 Å². The SMILES string of the molecule is Cc1cc(C)cc(C(=O)N2CCC(OCC(=O)O)CC2)c1. The van der Waals surface area contributed by atoms with Crippen LogP contribution in [0.25, 0.3) is 0 Å². The molecule has 0 aromatic heterocycles. The molecule has 2 rings (SSSR count). The summed E-state index contributed by atoms with van der Waals surface area (Å²) in [7, 11) is 0. The monoisotopic (exact) mass is 291 g/mol. The summed E-state index contributed by atoms with van der Waals surface area (Å²) in [5.41, 5.74) is 2.88. The number of likely N-dealkylation sites (tertiary alicyclic amines) is 1. The summed E-state index contributed by atoms with van der Waals surface area (Å²) in [5, 5.41) is 8.60. The van der Waals surface area contributed by atoms with Gasteiger partial charge in [-0.05, 0) is 38.8 Å². The van der Waals surface area contributed by atoms with Gasteiger partial charge < -0.3 is 14.7 Å². The van der Waals surface area contributed by atoms with E-state index in [-0.39, 0.29) is 18.6 Å². The molecule has 1 fully saturated rings. The summed E-state index contributed by atoms with van der Waals surface area (Å²) in [6, 6.07) is 5.85. The highest BCUT2D eigenvalue weighted by Crippen LogP contribution is 2.18. The molecule has 0 atom stereocenters. The fourth-order valence-corrected chi connectivity index (χ4v) is 2.70. The van der Waals surface area contributed by atoms with Gasteiger partial charge in [-0.15, -0.1) is 0 Å². The minimum absolute atomic E-state index is 0.0403. The second-order valence-electron chi connectivity index (χ2n) is 5.57. The highest BCUT2D eigenvalue weighted by atomic mass is 16.5. The van der Waals surface area contributed by atoms with Crippen molar-refractivity contribution < 1.29 is 19.4 Å². The molecule has 21 heavy (non-hydrogen) atoms. The van der Waals surface area contributed by atoms with Gasteiger partial charge >= 0.3 is 5.97 Å². The number of benzene rings is 1. The Kier molecular flexibility index (Phi) is 4.96. The van der Waals surface area contributed by atoms with Gasteiger partial charge in [-0.2, -0.15) is 0 Å². The Morgan fingerprint density at radius 2 is 1.76 bits per heavy atom. The van der Waals surface area contributed by atoms with E-state index in [4.69, 9.17) is 9.84 Å². The van der Waals surface area contributed by atoms with Crippen LogP contribution in [-0.4, -0.2) is 47.7 Å².